The summed E-state index contributed by atoms with van der Waals surface area (Å²) in [6, 6.07) is 0. The highest BCUT2D eigenvalue weighted by molar-refractivity contribution is 4.85. The molecular formula is C8H16NO. The highest BCUT2D eigenvalue weighted by Gasteiger charge is 2.19. The molecule has 0 aromatic rings. The molecule has 10 heavy (non-hydrogen) atoms. The van der Waals surface area contributed by atoms with E-state index in [9.17, 15) is 0 Å². The van der Waals surface area contributed by atoms with E-state index in [1.807, 2.05) is 0 Å². The van der Waals surface area contributed by atoms with E-state index in [1.54, 1.807) is 0 Å². The number of aliphatic hydroxyl groups excluding tert-OH is 1. The summed E-state index contributed by atoms with van der Waals surface area (Å²) in [7, 11) is 0. The Balaban J connectivity index is 2.18. The van der Waals surface area contributed by atoms with E-state index in [0.29, 0.717) is 0 Å². The minimum atomic E-state index is -0.0700. The Morgan fingerprint density at radius 2 is 2.30 bits per heavy atom. The first-order chi connectivity index (χ1) is 4.68. The van der Waals surface area contributed by atoms with Crippen molar-refractivity contribution in [1.29, 1.82) is 0 Å². The van der Waals surface area contributed by atoms with Crippen LogP contribution in [0.25, 0.3) is 0 Å². The highest BCUT2D eigenvalue weighted by Crippen LogP contribution is 2.10. The first kappa shape index (κ1) is 8.02. The average molecular weight is 142 g/mol. The Morgan fingerprint density at radius 1 is 1.60 bits per heavy atom. The first-order valence-electron chi connectivity index (χ1n) is 3.88. The van der Waals surface area contributed by atoms with Crippen LogP contribution in [0.2, 0.25) is 0 Å². The molecule has 2 heteroatoms. The van der Waals surface area contributed by atoms with E-state index in [2.05, 4.69) is 18.7 Å². The molecule has 1 rings (SSSR count). The number of hydrogen-bond donors (Lipinski definition) is 1. The molecule has 1 aliphatic rings. The molecule has 2 nitrogen and oxygen atoms in total. The molecule has 0 aliphatic carbocycles. The number of nitrogens with zero attached hydrogens (tertiary/aromatic N) is 1. The van der Waals surface area contributed by atoms with Crippen LogP contribution >= 0.6 is 0 Å². The maximum atomic E-state index is 9.16. The fraction of sp³-hybridized carbons (Fsp3) is 0.875. The van der Waals surface area contributed by atoms with Gasteiger partial charge in [-0.15, -0.1) is 0 Å². The van der Waals surface area contributed by atoms with Gasteiger partial charge in [0.25, 0.3) is 0 Å². The van der Waals surface area contributed by atoms with Crippen molar-refractivity contribution in [3.05, 3.63) is 5.92 Å². The summed E-state index contributed by atoms with van der Waals surface area (Å²) in [6.45, 7) is 7.24. The van der Waals surface area contributed by atoms with E-state index >= 15 is 0 Å². The van der Waals surface area contributed by atoms with Crippen molar-refractivity contribution < 1.29 is 5.11 Å². The number of rotatable bonds is 2. The zero-order valence-corrected chi connectivity index (χ0v) is 6.80. The van der Waals surface area contributed by atoms with E-state index in [0.717, 1.165) is 26.1 Å². The largest absolute Gasteiger partial charge is 0.392 e. The third kappa shape index (κ3) is 2.27. The molecule has 0 unspecified atom stereocenters. The van der Waals surface area contributed by atoms with Gasteiger partial charge in [0.2, 0.25) is 0 Å². The normalized spacial score (nSPS) is 28.2. The molecule has 1 radical (unpaired) electrons. The fourth-order valence-electron chi connectivity index (χ4n) is 1.40. The standard InChI is InChI=1S/C8H16NO/c1-7(2)5-9-4-3-8(10)6-9/h8,10H,3-6H2,1-2H3/t8-/m1/s1. The minimum absolute atomic E-state index is 0.0700. The third-order valence-corrected chi connectivity index (χ3v) is 1.79. The fourth-order valence-corrected chi connectivity index (χ4v) is 1.40. The second-order valence-corrected chi connectivity index (χ2v) is 3.38. The van der Waals surface area contributed by atoms with Gasteiger partial charge in [-0.05, 0) is 12.3 Å². The van der Waals surface area contributed by atoms with E-state index < -0.39 is 0 Å². The molecule has 0 amide bonds. The molecule has 1 heterocycles. The average Bonchev–Trinajstić information content (AvgIpc) is 2.13. The van der Waals surface area contributed by atoms with E-state index in [1.165, 1.54) is 5.92 Å². The van der Waals surface area contributed by atoms with Crippen molar-refractivity contribution in [2.45, 2.75) is 26.4 Å². The number of β-amino-alcohol motifs (C(OH)–C–C–N with tert-alkyl or cyclic N) is 1. The Hall–Kier alpha value is -0.0800. The van der Waals surface area contributed by atoms with Crippen LogP contribution in [-0.4, -0.2) is 35.7 Å². The molecule has 1 fully saturated rings. The lowest BCUT2D eigenvalue weighted by Gasteiger charge is -2.16. The van der Waals surface area contributed by atoms with Gasteiger partial charge in [-0.2, -0.15) is 0 Å². The van der Waals surface area contributed by atoms with Crippen LogP contribution in [-0.2, 0) is 0 Å². The molecule has 59 valence electrons. The maximum absolute atomic E-state index is 9.16. The molecular weight excluding hydrogens is 126 g/mol. The zero-order chi connectivity index (χ0) is 7.56. The van der Waals surface area contributed by atoms with Gasteiger partial charge < -0.3 is 10.0 Å². The second kappa shape index (κ2) is 3.35. The van der Waals surface area contributed by atoms with Crippen LogP contribution < -0.4 is 0 Å². The summed E-state index contributed by atoms with van der Waals surface area (Å²) < 4.78 is 0. The smallest absolute Gasteiger partial charge is 0.0679 e. The zero-order valence-electron chi connectivity index (χ0n) is 6.80. The molecule has 0 aromatic carbocycles. The van der Waals surface area contributed by atoms with Gasteiger partial charge in [-0.25, -0.2) is 0 Å². The predicted octanol–water partition coefficient (Wildman–Crippen LogP) is 0.667. The van der Waals surface area contributed by atoms with Crippen LogP contribution in [0.3, 0.4) is 0 Å². The van der Waals surface area contributed by atoms with Crippen molar-refractivity contribution in [2.75, 3.05) is 19.6 Å². The summed E-state index contributed by atoms with van der Waals surface area (Å²) in [4.78, 5) is 2.29. The van der Waals surface area contributed by atoms with Crippen molar-refractivity contribution in [3.63, 3.8) is 0 Å². The topological polar surface area (TPSA) is 23.5 Å². The SMILES string of the molecule is C[C](C)CN1CC[C@@H](O)C1. The minimum Gasteiger partial charge on any atom is -0.392 e. The quantitative estimate of drug-likeness (QED) is 0.612. The maximum Gasteiger partial charge on any atom is 0.0679 e. The van der Waals surface area contributed by atoms with Gasteiger partial charge in [0.1, 0.15) is 0 Å². The summed E-state index contributed by atoms with van der Waals surface area (Å²) in [5.41, 5.74) is 0. The van der Waals surface area contributed by atoms with Gasteiger partial charge in [0, 0.05) is 19.6 Å². The lowest BCUT2D eigenvalue weighted by Crippen LogP contribution is -2.25. The number of hydrogen-bond acceptors (Lipinski definition) is 2. The third-order valence-electron chi connectivity index (χ3n) is 1.79. The van der Waals surface area contributed by atoms with Crippen LogP contribution in [0.1, 0.15) is 20.3 Å². The molecule has 1 saturated heterocycles. The van der Waals surface area contributed by atoms with Gasteiger partial charge in [0.05, 0.1) is 6.10 Å². The second-order valence-electron chi connectivity index (χ2n) is 3.38. The Kier molecular flexibility index (Phi) is 2.69. The van der Waals surface area contributed by atoms with Crippen LogP contribution in [0.5, 0.6) is 0 Å². The van der Waals surface area contributed by atoms with Gasteiger partial charge in [0.15, 0.2) is 0 Å². The van der Waals surface area contributed by atoms with Gasteiger partial charge in [-0.3, -0.25) is 0 Å². The van der Waals surface area contributed by atoms with E-state index in [-0.39, 0.29) is 6.10 Å². The summed E-state index contributed by atoms with van der Waals surface area (Å²) >= 11 is 0. The molecule has 0 spiro atoms. The Morgan fingerprint density at radius 3 is 2.70 bits per heavy atom. The van der Waals surface area contributed by atoms with Gasteiger partial charge >= 0.3 is 0 Å². The van der Waals surface area contributed by atoms with Crippen LogP contribution in [0.15, 0.2) is 0 Å². The van der Waals surface area contributed by atoms with Crippen molar-refractivity contribution in [1.82, 2.24) is 4.90 Å². The molecule has 0 aromatic heterocycles. The Labute approximate surface area is 62.8 Å². The molecule has 1 aliphatic heterocycles. The molecule has 1 atom stereocenters. The molecule has 0 bridgehead atoms. The van der Waals surface area contributed by atoms with Crippen molar-refractivity contribution >= 4 is 0 Å². The number of likely N-dealkylation sites (tertiary alicyclic amines) is 1. The highest BCUT2D eigenvalue weighted by atomic mass is 16.3. The lowest BCUT2D eigenvalue weighted by molar-refractivity contribution is 0.178. The predicted molar refractivity (Wildman–Crippen MR) is 41.7 cm³/mol. The van der Waals surface area contributed by atoms with Crippen LogP contribution in [0.4, 0.5) is 0 Å². The van der Waals surface area contributed by atoms with Crippen molar-refractivity contribution in [3.8, 4) is 0 Å². The van der Waals surface area contributed by atoms with Gasteiger partial charge in [-0.1, -0.05) is 13.8 Å². The summed E-state index contributed by atoms with van der Waals surface area (Å²) in [5.74, 6) is 1.43. The van der Waals surface area contributed by atoms with E-state index in [4.69, 9.17) is 5.11 Å². The molecule has 1 N–H and O–H groups in total. The number of aliphatic hydroxyl groups is 1. The van der Waals surface area contributed by atoms with Crippen LogP contribution in [0, 0.1) is 5.92 Å². The van der Waals surface area contributed by atoms with Crippen molar-refractivity contribution in [2.24, 2.45) is 0 Å². The first-order valence-corrected chi connectivity index (χ1v) is 3.88. The molecule has 0 saturated carbocycles. The lowest BCUT2D eigenvalue weighted by atomic mass is 10.2. The summed E-state index contributed by atoms with van der Waals surface area (Å²) in [5, 5.41) is 9.16. The monoisotopic (exact) mass is 142 g/mol. The Bertz CT molecular complexity index is 103. The summed E-state index contributed by atoms with van der Waals surface area (Å²) in [6.07, 6.45) is 0.882.